The molecule has 0 amide bonds. The molecule has 1 aliphatic rings. The molecule has 0 spiro atoms. The summed E-state index contributed by atoms with van der Waals surface area (Å²) in [6, 6.07) is 15.0. The van der Waals surface area contributed by atoms with Crippen LogP contribution in [0.3, 0.4) is 0 Å². The lowest BCUT2D eigenvalue weighted by Crippen LogP contribution is -2.30. The summed E-state index contributed by atoms with van der Waals surface area (Å²) >= 11 is 5.91. The summed E-state index contributed by atoms with van der Waals surface area (Å²) in [4.78, 5) is 13.6. The minimum absolute atomic E-state index is 0.220. The molecule has 0 aromatic heterocycles. The van der Waals surface area contributed by atoms with Gasteiger partial charge < -0.3 is 9.64 Å². The van der Waals surface area contributed by atoms with Crippen molar-refractivity contribution in [3.8, 4) is 0 Å². The number of anilines is 2. The lowest BCUT2D eigenvalue weighted by molar-refractivity contribution is 0.0494. The Morgan fingerprint density at radius 3 is 2.67 bits per heavy atom. The molecule has 3 nitrogen and oxygen atoms in total. The summed E-state index contributed by atoms with van der Waals surface area (Å²) in [5.41, 5.74) is 2.30. The van der Waals surface area contributed by atoms with E-state index in [9.17, 15) is 4.79 Å². The Kier molecular flexibility index (Phi) is 2.68. The molecule has 0 aliphatic carbocycles. The first-order valence-electron chi connectivity index (χ1n) is 5.55. The van der Waals surface area contributed by atoms with Gasteiger partial charge in [-0.25, -0.2) is 4.79 Å². The minimum atomic E-state index is -0.334. The van der Waals surface area contributed by atoms with Gasteiger partial charge in [0, 0.05) is 10.7 Å². The highest BCUT2D eigenvalue weighted by atomic mass is 35.5. The molecule has 18 heavy (non-hydrogen) atoms. The van der Waals surface area contributed by atoms with Crippen molar-refractivity contribution in [2.75, 3.05) is 11.6 Å². The summed E-state index contributed by atoms with van der Waals surface area (Å²) in [6.07, 6.45) is 0. The summed E-state index contributed by atoms with van der Waals surface area (Å²) in [6.45, 7) is 0.220. The summed E-state index contributed by atoms with van der Waals surface area (Å²) in [7, 11) is 0. The highest BCUT2D eigenvalue weighted by Gasteiger charge is 2.25. The molecule has 1 heterocycles. The summed E-state index contributed by atoms with van der Waals surface area (Å²) < 4.78 is 5.15. The quantitative estimate of drug-likeness (QED) is 0.733. The van der Waals surface area contributed by atoms with Gasteiger partial charge in [-0.15, -0.1) is 0 Å². The van der Waals surface area contributed by atoms with Gasteiger partial charge in [0.05, 0.1) is 11.3 Å². The van der Waals surface area contributed by atoms with Gasteiger partial charge in [0.1, 0.15) is 0 Å². The second-order valence-electron chi connectivity index (χ2n) is 3.99. The van der Waals surface area contributed by atoms with Crippen molar-refractivity contribution in [1.82, 2.24) is 0 Å². The van der Waals surface area contributed by atoms with Gasteiger partial charge in [-0.2, -0.15) is 0 Å². The van der Waals surface area contributed by atoms with Crippen LogP contribution in [0.25, 0.3) is 0 Å². The highest BCUT2D eigenvalue weighted by Crippen LogP contribution is 2.33. The molecule has 0 saturated heterocycles. The van der Waals surface area contributed by atoms with Crippen molar-refractivity contribution in [2.45, 2.75) is 0 Å². The van der Waals surface area contributed by atoms with Crippen molar-refractivity contribution in [3.05, 3.63) is 59.1 Å². The first-order chi connectivity index (χ1) is 8.75. The largest absolute Gasteiger partial charge is 0.440 e. The van der Waals surface area contributed by atoms with Crippen LogP contribution in [-0.2, 0) is 4.74 Å². The van der Waals surface area contributed by atoms with Crippen LogP contribution in [0.4, 0.5) is 11.4 Å². The van der Waals surface area contributed by atoms with E-state index in [1.165, 1.54) is 0 Å². The Bertz CT molecular complexity index is 598. The van der Waals surface area contributed by atoms with E-state index < -0.39 is 0 Å². The molecule has 0 fully saturated rings. The zero-order valence-electron chi connectivity index (χ0n) is 9.47. The van der Waals surface area contributed by atoms with Crippen molar-refractivity contribution in [3.63, 3.8) is 0 Å². The number of ether oxygens (including phenoxy) is 1. The SMILES string of the molecule is O=C1OCN(c2ccccc2)c2ccc(Cl)cc21. The van der Waals surface area contributed by atoms with Crippen molar-refractivity contribution in [1.29, 1.82) is 0 Å². The van der Waals surface area contributed by atoms with E-state index in [2.05, 4.69) is 0 Å². The first-order valence-corrected chi connectivity index (χ1v) is 5.93. The number of carbonyl (C=O) groups excluding carboxylic acids is 1. The highest BCUT2D eigenvalue weighted by molar-refractivity contribution is 6.31. The van der Waals surface area contributed by atoms with Crippen LogP contribution >= 0.6 is 11.6 Å². The molecule has 3 rings (SSSR count). The molecule has 0 saturated carbocycles. The standard InChI is InChI=1S/C14H10ClNO2/c15-10-6-7-13-12(8-10)14(17)18-9-16(13)11-4-2-1-3-5-11/h1-8H,9H2. The second kappa shape index (κ2) is 4.35. The molecule has 0 N–H and O–H groups in total. The molecule has 2 aromatic carbocycles. The van der Waals surface area contributed by atoms with Crippen LogP contribution < -0.4 is 4.90 Å². The van der Waals surface area contributed by atoms with Crippen LogP contribution in [0.1, 0.15) is 10.4 Å². The molecule has 1 aliphatic heterocycles. The van der Waals surface area contributed by atoms with Gasteiger partial charge in [-0.1, -0.05) is 29.8 Å². The number of halogens is 1. The van der Waals surface area contributed by atoms with Crippen LogP contribution in [0, 0.1) is 0 Å². The number of para-hydroxylation sites is 1. The third-order valence-corrected chi connectivity index (χ3v) is 3.10. The fourth-order valence-corrected chi connectivity index (χ4v) is 2.17. The Labute approximate surface area is 110 Å². The molecular weight excluding hydrogens is 250 g/mol. The molecule has 0 radical (unpaired) electrons. The maximum Gasteiger partial charge on any atom is 0.342 e. The van der Waals surface area contributed by atoms with Gasteiger partial charge in [0.15, 0.2) is 6.73 Å². The van der Waals surface area contributed by atoms with Crippen molar-refractivity contribution in [2.24, 2.45) is 0 Å². The minimum Gasteiger partial charge on any atom is -0.440 e. The maximum absolute atomic E-state index is 11.7. The number of rotatable bonds is 1. The Balaban J connectivity index is 2.11. The van der Waals surface area contributed by atoms with Crippen LogP contribution in [0.2, 0.25) is 5.02 Å². The number of fused-ring (bicyclic) bond motifs is 1. The molecule has 0 unspecified atom stereocenters. The molecule has 0 bridgehead atoms. The maximum atomic E-state index is 11.7. The smallest absolute Gasteiger partial charge is 0.342 e. The molecule has 2 aromatic rings. The second-order valence-corrected chi connectivity index (χ2v) is 4.42. The average molecular weight is 260 g/mol. The van der Waals surface area contributed by atoms with E-state index in [-0.39, 0.29) is 12.7 Å². The zero-order chi connectivity index (χ0) is 12.5. The first kappa shape index (κ1) is 11.1. The van der Waals surface area contributed by atoms with E-state index >= 15 is 0 Å². The third kappa shape index (κ3) is 1.83. The van der Waals surface area contributed by atoms with Crippen LogP contribution in [0.5, 0.6) is 0 Å². The Morgan fingerprint density at radius 2 is 1.89 bits per heavy atom. The number of cyclic esters (lactones) is 1. The van der Waals surface area contributed by atoms with Crippen LogP contribution in [0.15, 0.2) is 48.5 Å². The van der Waals surface area contributed by atoms with Crippen molar-refractivity contribution >= 4 is 28.9 Å². The van der Waals surface area contributed by atoms with Gasteiger partial charge in [0.25, 0.3) is 0 Å². The number of nitrogens with zero attached hydrogens (tertiary/aromatic N) is 1. The van der Waals surface area contributed by atoms with E-state index in [1.807, 2.05) is 41.3 Å². The summed E-state index contributed by atoms with van der Waals surface area (Å²) in [5.74, 6) is -0.334. The number of esters is 1. The lowest BCUT2D eigenvalue weighted by atomic mass is 10.1. The van der Waals surface area contributed by atoms with Gasteiger partial charge in [0.2, 0.25) is 0 Å². The number of benzene rings is 2. The van der Waals surface area contributed by atoms with E-state index in [1.54, 1.807) is 12.1 Å². The molecule has 0 atom stereocenters. The van der Waals surface area contributed by atoms with Gasteiger partial charge in [-0.05, 0) is 30.3 Å². The average Bonchev–Trinajstić information content (AvgIpc) is 2.41. The number of carbonyl (C=O) groups is 1. The van der Waals surface area contributed by atoms with E-state index in [0.29, 0.717) is 10.6 Å². The molecular formula is C14H10ClNO2. The lowest BCUT2D eigenvalue weighted by Gasteiger charge is -2.30. The number of hydrogen-bond acceptors (Lipinski definition) is 3. The van der Waals surface area contributed by atoms with Crippen LogP contribution in [-0.4, -0.2) is 12.7 Å². The van der Waals surface area contributed by atoms with Gasteiger partial charge >= 0.3 is 5.97 Å². The normalized spacial score (nSPS) is 14.1. The molecule has 4 heteroatoms. The fourth-order valence-electron chi connectivity index (χ4n) is 2.00. The predicted octanol–water partition coefficient (Wildman–Crippen LogP) is 3.61. The van der Waals surface area contributed by atoms with Gasteiger partial charge in [-0.3, -0.25) is 0 Å². The zero-order valence-corrected chi connectivity index (χ0v) is 10.2. The Morgan fingerprint density at radius 1 is 1.11 bits per heavy atom. The van der Waals surface area contributed by atoms with E-state index in [0.717, 1.165) is 11.4 Å². The fraction of sp³-hybridized carbons (Fsp3) is 0.0714. The van der Waals surface area contributed by atoms with Crippen molar-refractivity contribution < 1.29 is 9.53 Å². The monoisotopic (exact) mass is 259 g/mol. The third-order valence-electron chi connectivity index (χ3n) is 2.86. The topological polar surface area (TPSA) is 29.5 Å². The number of hydrogen-bond donors (Lipinski definition) is 0. The van der Waals surface area contributed by atoms with E-state index in [4.69, 9.17) is 16.3 Å². The summed E-state index contributed by atoms with van der Waals surface area (Å²) in [5, 5.41) is 0.528. The Hall–Kier alpha value is -2.00. The predicted molar refractivity (Wildman–Crippen MR) is 70.3 cm³/mol. The molecule has 90 valence electrons.